The highest BCUT2D eigenvalue weighted by Crippen LogP contribution is 2.08. The van der Waals surface area contributed by atoms with E-state index in [2.05, 4.69) is 63.8 Å². The molecule has 0 saturated heterocycles. The fourth-order valence-corrected chi connectivity index (χ4v) is 2.60. The van der Waals surface area contributed by atoms with Crippen LogP contribution in [0.1, 0.15) is 25.0 Å². The first-order valence-electron chi connectivity index (χ1n) is 9.68. The van der Waals surface area contributed by atoms with Crippen LogP contribution in [0.5, 0.6) is 0 Å². The minimum Gasteiger partial charge on any atom is -0.379 e. The number of aliphatic imine (C=N–C) groups is 1. The molecular weight excluding hydrogens is 340 g/mol. The van der Waals surface area contributed by atoms with Gasteiger partial charge in [0.2, 0.25) is 0 Å². The molecule has 1 aromatic carbocycles. The number of aromatic nitrogens is 1. The lowest BCUT2D eigenvalue weighted by Crippen LogP contribution is -2.38. The van der Waals surface area contributed by atoms with Crippen molar-refractivity contribution in [2.24, 2.45) is 4.99 Å². The normalized spacial score (nSPS) is 11.6. The fraction of sp³-hybridized carbons (Fsp3) is 0.476. The van der Waals surface area contributed by atoms with Crippen molar-refractivity contribution in [3.63, 3.8) is 0 Å². The summed E-state index contributed by atoms with van der Waals surface area (Å²) in [7, 11) is 0. The molecule has 0 bridgehead atoms. The molecule has 2 aromatic rings. The van der Waals surface area contributed by atoms with Gasteiger partial charge in [0.25, 0.3) is 0 Å². The number of hydrogen-bond donors (Lipinski definition) is 2. The Morgan fingerprint density at radius 1 is 1.00 bits per heavy atom. The Bertz CT molecular complexity index is 656. The van der Waals surface area contributed by atoms with Crippen LogP contribution in [0.25, 0.3) is 0 Å². The summed E-state index contributed by atoms with van der Waals surface area (Å²) in [5, 5.41) is 6.67. The highest BCUT2D eigenvalue weighted by atomic mass is 16.5. The Morgan fingerprint density at radius 3 is 2.56 bits per heavy atom. The van der Waals surface area contributed by atoms with Crippen molar-refractivity contribution in [3.05, 3.63) is 59.9 Å². The highest BCUT2D eigenvalue weighted by Gasteiger charge is 2.00. The predicted molar refractivity (Wildman–Crippen MR) is 110 cm³/mol. The summed E-state index contributed by atoms with van der Waals surface area (Å²) in [4.78, 5) is 4.69. The maximum Gasteiger partial charge on any atom is 0.191 e. The van der Waals surface area contributed by atoms with E-state index in [0.717, 1.165) is 37.8 Å². The van der Waals surface area contributed by atoms with Crippen LogP contribution in [0.4, 0.5) is 0 Å². The Balaban J connectivity index is 1.80. The van der Waals surface area contributed by atoms with Crippen LogP contribution < -0.4 is 10.6 Å². The number of rotatable bonds is 12. The molecule has 1 heterocycles. The maximum atomic E-state index is 5.64. The molecular formula is C21H32N4O2. The van der Waals surface area contributed by atoms with Crippen molar-refractivity contribution in [1.82, 2.24) is 15.2 Å². The summed E-state index contributed by atoms with van der Waals surface area (Å²) >= 11 is 0. The number of hydrogen-bond acceptors (Lipinski definition) is 3. The molecule has 0 aliphatic rings. The van der Waals surface area contributed by atoms with Gasteiger partial charge in [-0.05, 0) is 37.1 Å². The standard InChI is InChI=1S/C21H32N4O2/c1-3-22-21(23-10-13-25-11-5-6-12-25)24-17-19-8-7-9-20(16-19)18-27-15-14-26-4-2/h5-9,11-12,16H,3-4,10,13-15,17-18H2,1-2H3,(H2,22,23,24). The summed E-state index contributed by atoms with van der Waals surface area (Å²) in [6.45, 7) is 9.84. The van der Waals surface area contributed by atoms with Crippen LogP contribution >= 0.6 is 0 Å². The minimum atomic E-state index is 0.597. The van der Waals surface area contributed by atoms with Gasteiger partial charge in [-0.25, -0.2) is 4.99 Å². The van der Waals surface area contributed by atoms with Crippen LogP contribution in [-0.2, 0) is 29.2 Å². The van der Waals surface area contributed by atoms with Crippen molar-refractivity contribution in [2.75, 3.05) is 32.9 Å². The number of ether oxygens (including phenoxy) is 2. The minimum absolute atomic E-state index is 0.597. The van der Waals surface area contributed by atoms with Gasteiger partial charge in [-0.15, -0.1) is 0 Å². The number of benzene rings is 1. The van der Waals surface area contributed by atoms with E-state index in [9.17, 15) is 0 Å². The van der Waals surface area contributed by atoms with E-state index in [4.69, 9.17) is 9.47 Å². The third-order valence-corrected chi connectivity index (χ3v) is 3.93. The zero-order chi connectivity index (χ0) is 19.2. The molecule has 0 amide bonds. The Labute approximate surface area is 162 Å². The molecule has 0 fully saturated rings. The van der Waals surface area contributed by atoms with E-state index in [1.807, 2.05) is 19.1 Å². The lowest BCUT2D eigenvalue weighted by atomic mass is 10.1. The van der Waals surface area contributed by atoms with E-state index in [1.165, 1.54) is 5.56 Å². The number of nitrogens with zero attached hydrogens (tertiary/aromatic N) is 2. The maximum absolute atomic E-state index is 5.64. The largest absolute Gasteiger partial charge is 0.379 e. The quantitative estimate of drug-likeness (QED) is 0.342. The van der Waals surface area contributed by atoms with E-state index in [-0.39, 0.29) is 0 Å². The summed E-state index contributed by atoms with van der Waals surface area (Å²) in [5.41, 5.74) is 2.33. The van der Waals surface area contributed by atoms with Crippen LogP contribution in [0, 0.1) is 0 Å². The van der Waals surface area contributed by atoms with Crippen molar-refractivity contribution in [3.8, 4) is 0 Å². The smallest absolute Gasteiger partial charge is 0.191 e. The second-order valence-electron chi connectivity index (χ2n) is 6.11. The molecule has 6 heteroatoms. The molecule has 0 atom stereocenters. The zero-order valence-corrected chi connectivity index (χ0v) is 16.5. The average Bonchev–Trinajstić information content (AvgIpc) is 3.20. The Morgan fingerprint density at radius 2 is 1.78 bits per heavy atom. The van der Waals surface area contributed by atoms with E-state index in [0.29, 0.717) is 26.4 Å². The molecule has 0 saturated carbocycles. The van der Waals surface area contributed by atoms with Crippen molar-refractivity contribution < 1.29 is 9.47 Å². The fourth-order valence-electron chi connectivity index (χ4n) is 2.60. The van der Waals surface area contributed by atoms with E-state index < -0.39 is 0 Å². The molecule has 148 valence electrons. The van der Waals surface area contributed by atoms with Crippen LogP contribution in [0.15, 0.2) is 53.8 Å². The molecule has 0 spiro atoms. The average molecular weight is 373 g/mol. The van der Waals surface area contributed by atoms with Crippen LogP contribution in [-0.4, -0.2) is 43.4 Å². The molecule has 2 N–H and O–H groups in total. The lowest BCUT2D eigenvalue weighted by Gasteiger charge is -2.12. The first kappa shape index (κ1) is 21.0. The molecule has 27 heavy (non-hydrogen) atoms. The molecule has 0 radical (unpaired) electrons. The van der Waals surface area contributed by atoms with E-state index >= 15 is 0 Å². The molecule has 0 aliphatic heterocycles. The van der Waals surface area contributed by atoms with Crippen LogP contribution in [0.2, 0.25) is 0 Å². The van der Waals surface area contributed by atoms with Crippen LogP contribution in [0.3, 0.4) is 0 Å². The van der Waals surface area contributed by atoms with Crippen molar-refractivity contribution in [2.45, 2.75) is 33.5 Å². The molecule has 0 aliphatic carbocycles. The van der Waals surface area contributed by atoms with Gasteiger partial charge in [0.05, 0.1) is 26.4 Å². The van der Waals surface area contributed by atoms with Gasteiger partial charge < -0.3 is 24.7 Å². The SMILES string of the molecule is CCNC(=NCc1cccc(COCCOCC)c1)NCCn1cccc1. The summed E-state index contributed by atoms with van der Waals surface area (Å²) < 4.78 is 13.1. The zero-order valence-electron chi connectivity index (χ0n) is 16.5. The first-order valence-corrected chi connectivity index (χ1v) is 9.68. The lowest BCUT2D eigenvalue weighted by molar-refractivity contribution is 0.0453. The van der Waals surface area contributed by atoms with E-state index in [1.54, 1.807) is 0 Å². The van der Waals surface area contributed by atoms with Gasteiger partial charge in [-0.3, -0.25) is 0 Å². The van der Waals surface area contributed by atoms with Crippen molar-refractivity contribution >= 4 is 5.96 Å². The van der Waals surface area contributed by atoms with Gasteiger partial charge in [-0.2, -0.15) is 0 Å². The Kier molecular flexibility index (Phi) is 10.1. The second-order valence-corrected chi connectivity index (χ2v) is 6.11. The highest BCUT2D eigenvalue weighted by molar-refractivity contribution is 5.79. The van der Waals surface area contributed by atoms with Gasteiger partial charge in [0, 0.05) is 38.6 Å². The summed E-state index contributed by atoms with van der Waals surface area (Å²) in [5.74, 6) is 0.836. The topological polar surface area (TPSA) is 59.8 Å². The van der Waals surface area contributed by atoms with Gasteiger partial charge in [0.1, 0.15) is 0 Å². The first-order chi connectivity index (χ1) is 13.3. The third kappa shape index (κ3) is 8.75. The molecule has 1 aromatic heterocycles. The molecule has 0 unspecified atom stereocenters. The molecule has 6 nitrogen and oxygen atoms in total. The Hall–Kier alpha value is -2.31. The van der Waals surface area contributed by atoms with Gasteiger partial charge >= 0.3 is 0 Å². The van der Waals surface area contributed by atoms with Gasteiger partial charge in [-0.1, -0.05) is 24.3 Å². The monoisotopic (exact) mass is 372 g/mol. The predicted octanol–water partition coefficient (Wildman–Crippen LogP) is 2.80. The number of guanidine groups is 1. The molecule has 2 rings (SSSR count). The number of nitrogens with one attached hydrogen (secondary N) is 2. The summed E-state index contributed by atoms with van der Waals surface area (Å²) in [6, 6.07) is 12.4. The van der Waals surface area contributed by atoms with Crippen molar-refractivity contribution in [1.29, 1.82) is 0 Å². The summed E-state index contributed by atoms with van der Waals surface area (Å²) in [6.07, 6.45) is 4.13. The third-order valence-electron chi connectivity index (χ3n) is 3.93. The van der Waals surface area contributed by atoms with Gasteiger partial charge in [0.15, 0.2) is 5.96 Å². The second kappa shape index (κ2) is 12.9.